The van der Waals surface area contributed by atoms with Crippen molar-refractivity contribution in [1.82, 2.24) is 9.78 Å². The van der Waals surface area contributed by atoms with Gasteiger partial charge >= 0.3 is 0 Å². The lowest BCUT2D eigenvalue weighted by Crippen LogP contribution is -2.10. The maximum absolute atomic E-state index is 10.4. The Kier molecular flexibility index (Phi) is 4.58. The van der Waals surface area contributed by atoms with Gasteiger partial charge in [0.05, 0.1) is 12.3 Å². The molecule has 102 valence electrons. The fourth-order valence-electron chi connectivity index (χ4n) is 2.06. The molecule has 0 spiro atoms. The van der Waals surface area contributed by atoms with Crippen molar-refractivity contribution in [1.29, 1.82) is 0 Å². The Bertz CT molecular complexity index is 505. The van der Waals surface area contributed by atoms with E-state index in [0.717, 1.165) is 30.0 Å². The first-order chi connectivity index (χ1) is 9.26. The molecule has 1 heterocycles. The highest BCUT2D eigenvalue weighted by Crippen LogP contribution is 2.23. The third-order valence-corrected chi connectivity index (χ3v) is 2.97. The molecule has 1 N–H and O–H groups in total. The molecule has 19 heavy (non-hydrogen) atoms. The second kappa shape index (κ2) is 6.38. The molecule has 2 aromatic rings. The summed E-state index contributed by atoms with van der Waals surface area (Å²) < 4.78 is 7.24. The van der Waals surface area contributed by atoms with Crippen LogP contribution < -0.4 is 4.74 Å². The SMILES string of the molecule is CCCn1nccc1C(O)c1ccc(OCC)cc1. The van der Waals surface area contributed by atoms with Gasteiger partial charge in [0.25, 0.3) is 0 Å². The summed E-state index contributed by atoms with van der Waals surface area (Å²) in [4.78, 5) is 0. The normalized spacial score (nSPS) is 12.4. The van der Waals surface area contributed by atoms with Crippen molar-refractivity contribution in [2.75, 3.05) is 6.61 Å². The second-order valence-electron chi connectivity index (χ2n) is 4.38. The van der Waals surface area contributed by atoms with Gasteiger partial charge in [0.1, 0.15) is 11.9 Å². The van der Waals surface area contributed by atoms with Crippen LogP contribution in [0.5, 0.6) is 5.75 Å². The Labute approximate surface area is 113 Å². The number of rotatable bonds is 6. The Balaban J connectivity index is 2.18. The van der Waals surface area contributed by atoms with Crippen molar-refractivity contribution < 1.29 is 9.84 Å². The minimum absolute atomic E-state index is 0.644. The predicted octanol–water partition coefficient (Wildman–Crippen LogP) is 2.77. The lowest BCUT2D eigenvalue weighted by Gasteiger charge is -2.14. The Morgan fingerprint density at radius 1 is 1.21 bits per heavy atom. The molecule has 0 bridgehead atoms. The number of benzene rings is 1. The van der Waals surface area contributed by atoms with Crippen LogP contribution in [0.2, 0.25) is 0 Å². The molecule has 0 fully saturated rings. The Morgan fingerprint density at radius 2 is 1.95 bits per heavy atom. The highest BCUT2D eigenvalue weighted by atomic mass is 16.5. The van der Waals surface area contributed by atoms with E-state index in [1.807, 2.05) is 41.9 Å². The molecule has 2 rings (SSSR count). The molecule has 1 unspecified atom stereocenters. The summed E-state index contributed by atoms with van der Waals surface area (Å²) in [6.07, 6.45) is 2.07. The molecule has 0 radical (unpaired) electrons. The molecular weight excluding hydrogens is 240 g/mol. The van der Waals surface area contributed by atoms with E-state index < -0.39 is 6.10 Å². The number of hydrogen-bond acceptors (Lipinski definition) is 3. The number of aromatic nitrogens is 2. The molecule has 0 saturated heterocycles. The van der Waals surface area contributed by atoms with Gasteiger partial charge in [-0.2, -0.15) is 5.10 Å². The molecule has 0 amide bonds. The fourth-order valence-corrected chi connectivity index (χ4v) is 2.06. The number of aliphatic hydroxyl groups excluding tert-OH is 1. The number of aryl methyl sites for hydroxylation is 1. The van der Waals surface area contributed by atoms with Crippen LogP contribution in [0.1, 0.15) is 37.6 Å². The summed E-state index contributed by atoms with van der Waals surface area (Å²) in [5.74, 6) is 0.820. The molecule has 1 atom stereocenters. The van der Waals surface area contributed by atoms with E-state index in [4.69, 9.17) is 4.74 Å². The third-order valence-electron chi connectivity index (χ3n) is 2.97. The molecular formula is C15H20N2O2. The van der Waals surface area contributed by atoms with Gasteiger partial charge in [-0.15, -0.1) is 0 Å². The topological polar surface area (TPSA) is 47.3 Å². The largest absolute Gasteiger partial charge is 0.494 e. The first-order valence-corrected chi connectivity index (χ1v) is 6.68. The van der Waals surface area contributed by atoms with Gasteiger partial charge in [-0.1, -0.05) is 19.1 Å². The zero-order valence-corrected chi connectivity index (χ0v) is 11.4. The summed E-state index contributed by atoms with van der Waals surface area (Å²) in [7, 11) is 0. The monoisotopic (exact) mass is 260 g/mol. The van der Waals surface area contributed by atoms with Gasteiger partial charge in [-0.3, -0.25) is 4.68 Å². The van der Waals surface area contributed by atoms with Gasteiger partial charge in [0.15, 0.2) is 0 Å². The molecule has 0 aliphatic heterocycles. The number of hydrogen-bond donors (Lipinski definition) is 1. The van der Waals surface area contributed by atoms with E-state index in [1.165, 1.54) is 0 Å². The number of aliphatic hydroxyl groups is 1. The van der Waals surface area contributed by atoms with Crippen molar-refractivity contribution in [2.24, 2.45) is 0 Å². The van der Waals surface area contributed by atoms with E-state index >= 15 is 0 Å². The maximum Gasteiger partial charge on any atom is 0.121 e. The van der Waals surface area contributed by atoms with E-state index in [-0.39, 0.29) is 0 Å². The summed E-state index contributed by atoms with van der Waals surface area (Å²) >= 11 is 0. The summed E-state index contributed by atoms with van der Waals surface area (Å²) in [6, 6.07) is 9.39. The van der Waals surface area contributed by atoms with Gasteiger partial charge < -0.3 is 9.84 Å². The lowest BCUT2D eigenvalue weighted by atomic mass is 10.1. The van der Waals surface area contributed by atoms with Crippen molar-refractivity contribution >= 4 is 0 Å². The number of ether oxygens (including phenoxy) is 1. The molecule has 0 aliphatic carbocycles. The third kappa shape index (κ3) is 3.15. The van der Waals surface area contributed by atoms with Crippen LogP contribution in [-0.4, -0.2) is 21.5 Å². The molecule has 1 aromatic carbocycles. The van der Waals surface area contributed by atoms with Crippen molar-refractivity contribution in [3.63, 3.8) is 0 Å². The summed E-state index contributed by atoms with van der Waals surface area (Å²) in [5.41, 5.74) is 1.67. The predicted molar refractivity (Wildman–Crippen MR) is 74.2 cm³/mol. The van der Waals surface area contributed by atoms with Crippen LogP contribution in [0.3, 0.4) is 0 Å². The zero-order chi connectivity index (χ0) is 13.7. The van der Waals surface area contributed by atoms with Crippen LogP contribution in [-0.2, 0) is 6.54 Å². The van der Waals surface area contributed by atoms with Crippen LogP contribution >= 0.6 is 0 Å². The van der Waals surface area contributed by atoms with Crippen molar-refractivity contribution in [3.05, 3.63) is 47.8 Å². The van der Waals surface area contributed by atoms with E-state index in [1.54, 1.807) is 6.20 Å². The van der Waals surface area contributed by atoms with E-state index in [9.17, 15) is 5.11 Å². The highest BCUT2D eigenvalue weighted by Gasteiger charge is 2.15. The Hall–Kier alpha value is -1.81. The number of nitrogens with zero attached hydrogens (tertiary/aromatic N) is 2. The second-order valence-corrected chi connectivity index (χ2v) is 4.38. The lowest BCUT2D eigenvalue weighted by molar-refractivity contribution is 0.207. The maximum atomic E-state index is 10.4. The average molecular weight is 260 g/mol. The minimum atomic E-state index is -0.648. The average Bonchev–Trinajstić information content (AvgIpc) is 2.88. The fraction of sp³-hybridized carbons (Fsp3) is 0.400. The summed E-state index contributed by atoms with van der Waals surface area (Å²) in [6.45, 7) is 5.50. The molecule has 1 aromatic heterocycles. The van der Waals surface area contributed by atoms with Crippen molar-refractivity contribution in [2.45, 2.75) is 32.9 Å². The Morgan fingerprint density at radius 3 is 2.58 bits per heavy atom. The van der Waals surface area contributed by atoms with E-state index in [2.05, 4.69) is 12.0 Å². The first-order valence-electron chi connectivity index (χ1n) is 6.68. The van der Waals surface area contributed by atoms with Crippen LogP contribution in [0.15, 0.2) is 36.5 Å². The highest BCUT2D eigenvalue weighted by molar-refractivity contribution is 5.31. The smallest absolute Gasteiger partial charge is 0.121 e. The quantitative estimate of drug-likeness (QED) is 0.868. The van der Waals surface area contributed by atoms with Crippen LogP contribution in [0.4, 0.5) is 0 Å². The van der Waals surface area contributed by atoms with Crippen LogP contribution in [0, 0.1) is 0 Å². The van der Waals surface area contributed by atoms with Gasteiger partial charge in [0.2, 0.25) is 0 Å². The molecule has 0 aliphatic rings. The minimum Gasteiger partial charge on any atom is -0.494 e. The molecule has 0 saturated carbocycles. The first kappa shape index (κ1) is 13.6. The van der Waals surface area contributed by atoms with Gasteiger partial charge in [0, 0.05) is 12.7 Å². The van der Waals surface area contributed by atoms with Crippen LogP contribution in [0.25, 0.3) is 0 Å². The van der Waals surface area contributed by atoms with Crippen molar-refractivity contribution in [3.8, 4) is 5.75 Å². The van der Waals surface area contributed by atoms with Gasteiger partial charge in [-0.05, 0) is 37.1 Å². The standard InChI is InChI=1S/C15H20N2O2/c1-3-11-17-14(9-10-16-17)15(18)12-5-7-13(8-6-12)19-4-2/h5-10,15,18H,3-4,11H2,1-2H3. The molecule has 4 heteroatoms. The van der Waals surface area contributed by atoms with E-state index in [0.29, 0.717) is 6.61 Å². The van der Waals surface area contributed by atoms with Gasteiger partial charge in [-0.25, -0.2) is 0 Å². The zero-order valence-electron chi connectivity index (χ0n) is 11.4. The molecule has 4 nitrogen and oxygen atoms in total. The summed E-state index contributed by atoms with van der Waals surface area (Å²) in [5, 5.41) is 14.6.